The Balaban J connectivity index is 1.17. The molecule has 41 heavy (non-hydrogen) atoms. The summed E-state index contributed by atoms with van der Waals surface area (Å²) >= 11 is 0. The molecule has 3 amide bonds. The number of carbonyl (C=O) groups excluding carboxylic acids is 2. The number of urea groups is 1. The second kappa shape index (κ2) is 11.1. The van der Waals surface area contributed by atoms with Gasteiger partial charge in [-0.25, -0.2) is 9.78 Å². The summed E-state index contributed by atoms with van der Waals surface area (Å²) in [6, 6.07) is 18.2. The van der Waals surface area contributed by atoms with E-state index in [2.05, 4.69) is 53.0 Å². The van der Waals surface area contributed by atoms with E-state index >= 15 is 0 Å². The number of nitrogens with zero attached hydrogens (tertiary/aromatic N) is 8. The highest BCUT2D eigenvalue weighted by Crippen LogP contribution is 2.29. The van der Waals surface area contributed by atoms with Crippen LogP contribution in [0.25, 0.3) is 22.6 Å². The number of amides is 3. The van der Waals surface area contributed by atoms with Gasteiger partial charge in [-0.15, -0.1) is 10.2 Å². The summed E-state index contributed by atoms with van der Waals surface area (Å²) in [6.07, 6.45) is 1.58. The zero-order chi connectivity index (χ0) is 28.3. The van der Waals surface area contributed by atoms with Crippen molar-refractivity contribution in [2.24, 2.45) is 7.05 Å². The number of oxazole rings is 1. The molecule has 2 aromatic carbocycles. The van der Waals surface area contributed by atoms with Crippen LogP contribution in [0.4, 0.5) is 10.5 Å². The van der Waals surface area contributed by atoms with Gasteiger partial charge in [0.1, 0.15) is 11.2 Å². The summed E-state index contributed by atoms with van der Waals surface area (Å²) in [7, 11) is 3.29. The van der Waals surface area contributed by atoms with Gasteiger partial charge >= 0.3 is 6.03 Å². The molecule has 4 heterocycles. The average molecular weight is 553 g/mol. The molecule has 0 aliphatic carbocycles. The monoisotopic (exact) mass is 552 g/mol. The van der Waals surface area contributed by atoms with Crippen molar-refractivity contribution < 1.29 is 14.0 Å². The predicted molar refractivity (Wildman–Crippen MR) is 150 cm³/mol. The predicted octanol–water partition coefficient (Wildman–Crippen LogP) is 2.71. The lowest BCUT2D eigenvalue weighted by Gasteiger charge is -2.38. The minimum Gasteiger partial charge on any atom is -0.436 e. The lowest BCUT2D eigenvalue weighted by Crippen LogP contribution is -2.50. The van der Waals surface area contributed by atoms with Gasteiger partial charge in [0.05, 0.1) is 13.1 Å². The van der Waals surface area contributed by atoms with Crippen LogP contribution in [0.2, 0.25) is 0 Å². The Bertz CT molecular complexity index is 1690. The molecule has 1 unspecified atom stereocenters. The number of rotatable bonds is 6. The van der Waals surface area contributed by atoms with Crippen LogP contribution >= 0.6 is 0 Å². The number of tetrazole rings is 1. The molecule has 0 bridgehead atoms. The van der Waals surface area contributed by atoms with Crippen molar-refractivity contribution in [3.05, 3.63) is 83.9 Å². The molecule has 5 aromatic rings. The van der Waals surface area contributed by atoms with Crippen LogP contribution in [0.3, 0.4) is 0 Å². The number of hydrogen-bond donors (Lipinski definition) is 2. The zero-order valence-electron chi connectivity index (χ0n) is 22.6. The number of aryl methyl sites for hydroxylation is 1. The quantitative estimate of drug-likeness (QED) is 0.324. The highest BCUT2D eigenvalue weighted by molar-refractivity contribution is 5.94. The van der Waals surface area contributed by atoms with Crippen molar-refractivity contribution in [1.82, 2.24) is 45.3 Å². The minimum absolute atomic E-state index is 0.158. The molecular weight excluding hydrogens is 524 g/mol. The number of anilines is 1. The molecule has 0 spiro atoms. The first-order valence-electron chi connectivity index (χ1n) is 13.2. The van der Waals surface area contributed by atoms with E-state index in [9.17, 15) is 9.59 Å². The van der Waals surface area contributed by atoms with Crippen LogP contribution < -0.4 is 10.6 Å². The standard InChI is InChI=1S/C28H28N10O3/c1-29-28(40)31-20-8-9-23-21(17-20)32-26(41-23)19-10-11-30-22(16-19)27(39)38-14-12-37(13-15-38)24(18-6-4-3-5-7-18)25-33-35-36(2)34-25/h3-11,16-17,24H,12-15H2,1-2H3,(H2,29,31,40). The number of hydrogen-bond acceptors (Lipinski definition) is 9. The summed E-state index contributed by atoms with van der Waals surface area (Å²) in [4.78, 5) is 39.5. The number of fused-ring (bicyclic) bond motifs is 1. The maximum Gasteiger partial charge on any atom is 0.318 e. The first-order chi connectivity index (χ1) is 20.0. The Labute approximate surface area is 235 Å². The molecule has 1 aliphatic rings. The van der Waals surface area contributed by atoms with E-state index in [1.807, 2.05) is 18.2 Å². The average Bonchev–Trinajstić information content (AvgIpc) is 3.64. The van der Waals surface area contributed by atoms with Crippen LogP contribution in [0.1, 0.15) is 27.9 Å². The van der Waals surface area contributed by atoms with E-state index in [0.717, 1.165) is 5.56 Å². The van der Waals surface area contributed by atoms with Crippen molar-refractivity contribution in [1.29, 1.82) is 0 Å². The first-order valence-corrected chi connectivity index (χ1v) is 13.2. The highest BCUT2D eigenvalue weighted by atomic mass is 16.3. The molecular formula is C28H28N10O3. The van der Waals surface area contributed by atoms with Crippen molar-refractivity contribution in [2.75, 3.05) is 38.5 Å². The van der Waals surface area contributed by atoms with Gasteiger partial charge in [-0.3, -0.25) is 14.7 Å². The summed E-state index contributed by atoms with van der Waals surface area (Å²) in [5.74, 6) is 0.830. The summed E-state index contributed by atoms with van der Waals surface area (Å²) in [6.45, 7) is 2.33. The van der Waals surface area contributed by atoms with Gasteiger partial charge < -0.3 is 20.0 Å². The van der Waals surface area contributed by atoms with E-state index < -0.39 is 0 Å². The second-order valence-electron chi connectivity index (χ2n) is 9.61. The first kappa shape index (κ1) is 26.1. The number of nitrogens with one attached hydrogen (secondary N) is 2. The summed E-state index contributed by atoms with van der Waals surface area (Å²) in [5, 5.41) is 18.0. The largest absolute Gasteiger partial charge is 0.436 e. The summed E-state index contributed by atoms with van der Waals surface area (Å²) < 4.78 is 5.93. The fourth-order valence-corrected chi connectivity index (χ4v) is 4.91. The molecule has 13 nitrogen and oxygen atoms in total. The van der Waals surface area contributed by atoms with E-state index in [4.69, 9.17) is 4.42 Å². The number of aromatic nitrogens is 6. The Morgan fingerprint density at radius 2 is 1.80 bits per heavy atom. The third-order valence-corrected chi connectivity index (χ3v) is 6.95. The van der Waals surface area contributed by atoms with Gasteiger partial charge in [0, 0.05) is 50.7 Å². The molecule has 3 aromatic heterocycles. The topological polar surface area (TPSA) is 147 Å². The molecule has 1 atom stereocenters. The fraction of sp³-hybridized carbons (Fsp3) is 0.250. The molecule has 6 rings (SSSR count). The SMILES string of the molecule is CNC(=O)Nc1ccc2oc(-c3ccnc(C(=O)N4CCN(C(c5ccccc5)c5nnn(C)n5)CC4)c3)nc2c1. The van der Waals surface area contributed by atoms with Crippen molar-refractivity contribution in [3.63, 3.8) is 0 Å². The van der Waals surface area contributed by atoms with Crippen molar-refractivity contribution in [3.8, 4) is 11.5 Å². The third-order valence-electron chi connectivity index (χ3n) is 6.95. The molecule has 1 aliphatic heterocycles. The van der Waals surface area contributed by atoms with Crippen molar-refractivity contribution in [2.45, 2.75) is 6.04 Å². The number of pyridine rings is 1. The van der Waals surface area contributed by atoms with Gasteiger partial charge in [0.25, 0.3) is 5.91 Å². The third kappa shape index (κ3) is 5.47. The maximum absolute atomic E-state index is 13.5. The molecule has 0 radical (unpaired) electrons. The lowest BCUT2D eigenvalue weighted by molar-refractivity contribution is 0.0586. The van der Waals surface area contributed by atoms with E-state index in [0.29, 0.717) is 65.9 Å². The van der Waals surface area contributed by atoms with Crippen LogP contribution in [-0.4, -0.2) is 85.1 Å². The van der Waals surface area contributed by atoms with Gasteiger partial charge in [-0.05, 0) is 41.1 Å². The molecule has 1 fully saturated rings. The zero-order valence-corrected chi connectivity index (χ0v) is 22.6. The summed E-state index contributed by atoms with van der Waals surface area (Å²) in [5.41, 5.74) is 3.76. The number of piperazine rings is 1. The normalized spacial score (nSPS) is 14.6. The Kier molecular flexibility index (Phi) is 7.08. The van der Waals surface area contributed by atoms with Gasteiger partial charge in [-0.1, -0.05) is 30.3 Å². The Morgan fingerprint density at radius 1 is 1.00 bits per heavy atom. The number of benzene rings is 2. The van der Waals surface area contributed by atoms with Gasteiger partial charge in [0.15, 0.2) is 11.4 Å². The number of carbonyl (C=O) groups is 2. The van der Waals surface area contributed by atoms with Crippen LogP contribution in [-0.2, 0) is 7.05 Å². The smallest absolute Gasteiger partial charge is 0.318 e. The Hall–Kier alpha value is -5.17. The fourth-order valence-electron chi connectivity index (χ4n) is 4.91. The molecule has 1 saturated heterocycles. The van der Waals surface area contributed by atoms with E-state index in [1.165, 1.54) is 4.80 Å². The highest BCUT2D eigenvalue weighted by Gasteiger charge is 2.31. The second-order valence-corrected chi connectivity index (χ2v) is 9.61. The minimum atomic E-state index is -0.327. The van der Waals surface area contributed by atoms with Crippen LogP contribution in [0, 0.1) is 0 Å². The van der Waals surface area contributed by atoms with E-state index in [1.54, 1.807) is 55.5 Å². The molecule has 13 heteroatoms. The molecule has 2 N–H and O–H groups in total. The van der Waals surface area contributed by atoms with Gasteiger partial charge in [-0.2, -0.15) is 4.80 Å². The molecule has 208 valence electrons. The van der Waals surface area contributed by atoms with Crippen LogP contribution in [0.5, 0.6) is 0 Å². The molecule has 0 saturated carbocycles. The van der Waals surface area contributed by atoms with Crippen molar-refractivity contribution >= 4 is 28.7 Å². The van der Waals surface area contributed by atoms with Gasteiger partial charge in [0.2, 0.25) is 5.89 Å². The lowest BCUT2D eigenvalue weighted by atomic mass is 10.0. The van der Waals surface area contributed by atoms with Crippen LogP contribution in [0.15, 0.2) is 71.3 Å². The maximum atomic E-state index is 13.5. The Morgan fingerprint density at radius 3 is 2.54 bits per heavy atom. The van der Waals surface area contributed by atoms with E-state index in [-0.39, 0.29) is 18.0 Å².